The molecule has 1 aromatic rings. The van der Waals surface area contributed by atoms with E-state index in [2.05, 4.69) is 9.97 Å². The van der Waals surface area contributed by atoms with Gasteiger partial charge in [-0.3, -0.25) is 9.97 Å². The van der Waals surface area contributed by atoms with Crippen LogP contribution < -0.4 is 0 Å². The summed E-state index contributed by atoms with van der Waals surface area (Å²) in [4.78, 5) is 8.37. The highest BCUT2D eigenvalue weighted by Gasteiger charge is 2.23. The fourth-order valence-corrected chi connectivity index (χ4v) is 1.54. The zero-order valence-corrected chi connectivity index (χ0v) is 6.20. The average Bonchev–Trinajstić information content (AvgIpc) is 2.47. The highest BCUT2D eigenvalue weighted by atomic mass is 16.3. The minimum Gasteiger partial charge on any atom is -0.396 e. The molecule has 0 unspecified atom stereocenters. The summed E-state index contributed by atoms with van der Waals surface area (Å²) < 4.78 is 0. The Morgan fingerprint density at radius 2 is 2.27 bits per heavy atom. The largest absolute Gasteiger partial charge is 0.396 e. The summed E-state index contributed by atoms with van der Waals surface area (Å²) in [5, 5.41) is 8.95. The Hall–Kier alpha value is -0.960. The van der Waals surface area contributed by atoms with Crippen molar-refractivity contribution < 1.29 is 5.11 Å². The van der Waals surface area contributed by atoms with Crippen molar-refractivity contribution in [3.63, 3.8) is 0 Å². The molecule has 58 valence electrons. The molecule has 0 spiro atoms. The summed E-state index contributed by atoms with van der Waals surface area (Å²) >= 11 is 0. The van der Waals surface area contributed by atoms with Crippen LogP contribution in [-0.2, 0) is 6.42 Å². The molecule has 0 bridgehead atoms. The van der Waals surface area contributed by atoms with Gasteiger partial charge in [-0.05, 0) is 12.8 Å². The Balaban J connectivity index is 2.39. The van der Waals surface area contributed by atoms with Crippen molar-refractivity contribution in [3.05, 3.63) is 23.8 Å². The van der Waals surface area contributed by atoms with Gasteiger partial charge in [0.2, 0.25) is 0 Å². The molecule has 2 rings (SSSR count). The maximum atomic E-state index is 8.95. The average molecular weight is 150 g/mol. The first-order chi connectivity index (χ1) is 5.42. The molecular weight excluding hydrogens is 140 g/mol. The van der Waals surface area contributed by atoms with Crippen molar-refractivity contribution in [2.24, 2.45) is 0 Å². The van der Waals surface area contributed by atoms with Crippen LogP contribution in [0.1, 0.15) is 23.7 Å². The molecule has 1 atom stereocenters. The van der Waals surface area contributed by atoms with Gasteiger partial charge in [-0.25, -0.2) is 0 Å². The number of rotatable bonds is 1. The molecule has 0 radical (unpaired) electrons. The first kappa shape index (κ1) is 6.73. The fourth-order valence-electron chi connectivity index (χ4n) is 1.54. The van der Waals surface area contributed by atoms with Crippen molar-refractivity contribution in [1.82, 2.24) is 9.97 Å². The van der Waals surface area contributed by atoms with Crippen LogP contribution in [0.3, 0.4) is 0 Å². The zero-order valence-electron chi connectivity index (χ0n) is 6.20. The van der Waals surface area contributed by atoms with Gasteiger partial charge in [0, 0.05) is 18.3 Å². The van der Waals surface area contributed by atoms with Gasteiger partial charge in [-0.1, -0.05) is 0 Å². The molecule has 0 fully saturated rings. The summed E-state index contributed by atoms with van der Waals surface area (Å²) in [7, 11) is 0. The van der Waals surface area contributed by atoms with Crippen molar-refractivity contribution in [3.8, 4) is 0 Å². The van der Waals surface area contributed by atoms with Crippen LogP contribution in [0.15, 0.2) is 12.4 Å². The maximum Gasteiger partial charge on any atom is 0.0672 e. The van der Waals surface area contributed by atoms with Gasteiger partial charge in [0.05, 0.1) is 18.0 Å². The van der Waals surface area contributed by atoms with Crippen LogP contribution in [0.5, 0.6) is 0 Å². The topological polar surface area (TPSA) is 46.0 Å². The van der Waals surface area contributed by atoms with E-state index in [0.29, 0.717) is 0 Å². The van der Waals surface area contributed by atoms with Gasteiger partial charge in [0.25, 0.3) is 0 Å². The minimum atomic E-state index is 0.200. The molecule has 1 aliphatic carbocycles. The number of hydrogen-bond acceptors (Lipinski definition) is 3. The Bertz CT molecular complexity index is 262. The summed E-state index contributed by atoms with van der Waals surface area (Å²) in [6.07, 6.45) is 5.36. The zero-order chi connectivity index (χ0) is 7.68. The summed E-state index contributed by atoms with van der Waals surface area (Å²) in [6, 6.07) is 0. The Morgan fingerprint density at radius 3 is 3.09 bits per heavy atom. The molecule has 0 saturated carbocycles. The number of aryl methyl sites for hydroxylation is 1. The molecule has 1 N–H and O–H groups in total. The van der Waals surface area contributed by atoms with Gasteiger partial charge in [-0.15, -0.1) is 0 Å². The second kappa shape index (κ2) is 2.58. The van der Waals surface area contributed by atoms with Crippen molar-refractivity contribution in [2.75, 3.05) is 6.61 Å². The molecule has 3 nitrogen and oxygen atoms in total. The van der Waals surface area contributed by atoms with E-state index in [0.717, 1.165) is 24.2 Å². The molecule has 3 heteroatoms. The second-order valence-electron chi connectivity index (χ2n) is 2.81. The van der Waals surface area contributed by atoms with Gasteiger partial charge in [0.15, 0.2) is 0 Å². The molecule has 1 aliphatic rings. The van der Waals surface area contributed by atoms with Gasteiger partial charge < -0.3 is 5.11 Å². The standard InChI is InChI=1S/C8H10N2O/c11-5-6-1-2-7-8(6)10-4-3-9-7/h3-4,6,11H,1-2,5H2/t6-/m1/s1. The van der Waals surface area contributed by atoms with E-state index in [1.807, 2.05) is 0 Å². The fraction of sp³-hybridized carbons (Fsp3) is 0.500. The number of aliphatic hydroxyl groups is 1. The van der Waals surface area contributed by atoms with Gasteiger partial charge in [-0.2, -0.15) is 0 Å². The number of fused-ring (bicyclic) bond motifs is 1. The monoisotopic (exact) mass is 150 g/mol. The Kier molecular flexibility index (Phi) is 1.58. The second-order valence-corrected chi connectivity index (χ2v) is 2.81. The van der Waals surface area contributed by atoms with Gasteiger partial charge in [0.1, 0.15) is 0 Å². The lowest BCUT2D eigenvalue weighted by Crippen LogP contribution is -2.01. The van der Waals surface area contributed by atoms with Crippen LogP contribution >= 0.6 is 0 Å². The van der Waals surface area contributed by atoms with E-state index in [1.165, 1.54) is 0 Å². The predicted octanol–water partition coefficient (Wildman–Crippen LogP) is 0.499. The van der Waals surface area contributed by atoms with E-state index < -0.39 is 0 Å². The van der Waals surface area contributed by atoms with E-state index in [1.54, 1.807) is 12.4 Å². The molecule has 0 amide bonds. The first-order valence-corrected chi connectivity index (χ1v) is 3.82. The Morgan fingerprint density at radius 1 is 1.45 bits per heavy atom. The van der Waals surface area contributed by atoms with Crippen molar-refractivity contribution in [2.45, 2.75) is 18.8 Å². The molecule has 1 heterocycles. The first-order valence-electron chi connectivity index (χ1n) is 3.82. The lowest BCUT2D eigenvalue weighted by molar-refractivity contribution is 0.263. The molecule has 1 aromatic heterocycles. The third-order valence-corrected chi connectivity index (χ3v) is 2.14. The highest BCUT2D eigenvalue weighted by Crippen LogP contribution is 2.28. The summed E-state index contributed by atoms with van der Waals surface area (Å²) in [5.41, 5.74) is 2.06. The lowest BCUT2D eigenvalue weighted by Gasteiger charge is -2.03. The number of aromatic nitrogens is 2. The third-order valence-electron chi connectivity index (χ3n) is 2.14. The number of aliphatic hydroxyl groups excluding tert-OH is 1. The molecule has 0 aromatic carbocycles. The van der Waals surface area contributed by atoms with Crippen LogP contribution in [-0.4, -0.2) is 21.7 Å². The van der Waals surface area contributed by atoms with Gasteiger partial charge >= 0.3 is 0 Å². The Labute approximate surface area is 65.1 Å². The summed E-state index contributed by atoms with van der Waals surface area (Å²) in [5.74, 6) is 0.235. The van der Waals surface area contributed by atoms with Crippen LogP contribution in [0.25, 0.3) is 0 Å². The maximum absolute atomic E-state index is 8.95. The molecule has 11 heavy (non-hydrogen) atoms. The quantitative estimate of drug-likeness (QED) is 0.634. The molecular formula is C8H10N2O. The smallest absolute Gasteiger partial charge is 0.0672 e. The lowest BCUT2D eigenvalue weighted by atomic mass is 10.1. The van der Waals surface area contributed by atoms with Crippen LogP contribution in [0.4, 0.5) is 0 Å². The van der Waals surface area contributed by atoms with Crippen molar-refractivity contribution >= 4 is 0 Å². The minimum absolute atomic E-state index is 0.200. The van der Waals surface area contributed by atoms with E-state index in [-0.39, 0.29) is 12.5 Å². The van der Waals surface area contributed by atoms with E-state index >= 15 is 0 Å². The van der Waals surface area contributed by atoms with Crippen LogP contribution in [0, 0.1) is 0 Å². The van der Waals surface area contributed by atoms with Crippen LogP contribution in [0.2, 0.25) is 0 Å². The van der Waals surface area contributed by atoms with E-state index in [4.69, 9.17) is 5.11 Å². The summed E-state index contributed by atoms with van der Waals surface area (Å²) in [6.45, 7) is 0.200. The van der Waals surface area contributed by atoms with E-state index in [9.17, 15) is 0 Å². The highest BCUT2D eigenvalue weighted by molar-refractivity contribution is 5.21. The van der Waals surface area contributed by atoms with Crippen molar-refractivity contribution in [1.29, 1.82) is 0 Å². The molecule has 0 aliphatic heterocycles. The molecule has 0 saturated heterocycles. The number of hydrogen-bond donors (Lipinski definition) is 1. The SMILES string of the molecule is OC[C@H]1CCc2nccnc21. The third kappa shape index (κ3) is 1.01. The normalized spacial score (nSPS) is 21.7. The number of nitrogens with zero attached hydrogens (tertiary/aromatic N) is 2. The predicted molar refractivity (Wildman–Crippen MR) is 40.2 cm³/mol.